The molecule has 1 aromatic carbocycles. The second-order valence-corrected chi connectivity index (χ2v) is 5.08. The highest BCUT2D eigenvalue weighted by atomic mass is 79.9. The highest BCUT2D eigenvalue weighted by Crippen LogP contribution is 2.20. The van der Waals surface area contributed by atoms with Crippen molar-refractivity contribution in [2.24, 2.45) is 5.73 Å². The fourth-order valence-electron chi connectivity index (χ4n) is 1.49. The third-order valence-corrected chi connectivity index (χ3v) is 3.18. The molecule has 0 aliphatic heterocycles. The van der Waals surface area contributed by atoms with Crippen LogP contribution in [0.2, 0.25) is 0 Å². The minimum Gasteiger partial charge on any atom is -0.380 e. The van der Waals surface area contributed by atoms with Gasteiger partial charge in [0, 0.05) is 17.6 Å². The Kier molecular flexibility index (Phi) is 5.78. The SMILES string of the molecule is CCOCCNC(=O)C(C)(N)c1ccc(Br)cc1. The minimum atomic E-state index is -1.03. The monoisotopic (exact) mass is 314 g/mol. The van der Waals surface area contributed by atoms with E-state index in [-0.39, 0.29) is 5.91 Å². The van der Waals surface area contributed by atoms with Crippen LogP contribution in [0.1, 0.15) is 19.4 Å². The third kappa shape index (κ3) is 4.08. The van der Waals surface area contributed by atoms with Gasteiger partial charge < -0.3 is 15.8 Å². The van der Waals surface area contributed by atoms with Crippen LogP contribution in [0.15, 0.2) is 28.7 Å². The van der Waals surface area contributed by atoms with Crippen LogP contribution in [-0.4, -0.2) is 25.7 Å². The van der Waals surface area contributed by atoms with Crippen molar-refractivity contribution in [1.29, 1.82) is 0 Å². The molecule has 0 radical (unpaired) electrons. The first-order valence-corrected chi connectivity index (χ1v) is 6.68. The van der Waals surface area contributed by atoms with Gasteiger partial charge in [-0.1, -0.05) is 28.1 Å². The number of nitrogens with one attached hydrogen (secondary N) is 1. The Morgan fingerprint density at radius 2 is 2.06 bits per heavy atom. The van der Waals surface area contributed by atoms with E-state index >= 15 is 0 Å². The van der Waals surface area contributed by atoms with Gasteiger partial charge >= 0.3 is 0 Å². The second kappa shape index (κ2) is 6.87. The molecular weight excluding hydrogens is 296 g/mol. The first-order chi connectivity index (χ1) is 8.48. The number of rotatable bonds is 6. The number of amides is 1. The Morgan fingerprint density at radius 3 is 2.61 bits per heavy atom. The van der Waals surface area contributed by atoms with Crippen molar-refractivity contribution in [3.05, 3.63) is 34.3 Å². The van der Waals surface area contributed by atoms with E-state index in [2.05, 4.69) is 21.2 Å². The van der Waals surface area contributed by atoms with Crippen molar-refractivity contribution in [2.75, 3.05) is 19.8 Å². The van der Waals surface area contributed by atoms with Gasteiger partial charge in [-0.05, 0) is 31.5 Å². The summed E-state index contributed by atoms with van der Waals surface area (Å²) in [5.74, 6) is -0.204. The van der Waals surface area contributed by atoms with E-state index in [4.69, 9.17) is 10.5 Å². The summed E-state index contributed by atoms with van der Waals surface area (Å²) >= 11 is 3.35. The minimum absolute atomic E-state index is 0.204. The van der Waals surface area contributed by atoms with E-state index in [0.717, 1.165) is 10.0 Å². The molecule has 1 atom stereocenters. The standard InChI is InChI=1S/C13H19BrN2O2/c1-3-18-9-8-16-12(17)13(2,15)10-4-6-11(14)7-5-10/h4-7H,3,8-9,15H2,1-2H3,(H,16,17). The number of halogens is 1. The van der Waals surface area contributed by atoms with Gasteiger partial charge in [0.15, 0.2) is 0 Å². The van der Waals surface area contributed by atoms with E-state index < -0.39 is 5.54 Å². The first kappa shape index (κ1) is 15.1. The lowest BCUT2D eigenvalue weighted by molar-refractivity contribution is -0.126. The molecule has 0 saturated heterocycles. The molecule has 0 aromatic heterocycles. The number of hydrogen-bond donors (Lipinski definition) is 2. The van der Waals surface area contributed by atoms with Crippen LogP contribution < -0.4 is 11.1 Å². The molecule has 1 amide bonds. The van der Waals surface area contributed by atoms with Crippen molar-refractivity contribution in [1.82, 2.24) is 5.32 Å². The van der Waals surface area contributed by atoms with Gasteiger partial charge in [0.2, 0.25) is 5.91 Å². The summed E-state index contributed by atoms with van der Waals surface area (Å²) in [6.07, 6.45) is 0. The van der Waals surface area contributed by atoms with E-state index in [1.165, 1.54) is 0 Å². The van der Waals surface area contributed by atoms with Gasteiger partial charge in [-0.15, -0.1) is 0 Å². The highest BCUT2D eigenvalue weighted by molar-refractivity contribution is 9.10. The van der Waals surface area contributed by atoms with Crippen LogP contribution in [0.5, 0.6) is 0 Å². The van der Waals surface area contributed by atoms with Gasteiger partial charge in [0.25, 0.3) is 0 Å². The summed E-state index contributed by atoms with van der Waals surface area (Å²) in [5, 5.41) is 2.77. The van der Waals surface area contributed by atoms with Crippen LogP contribution in [0.25, 0.3) is 0 Å². The number of ether oxygens (including phenoxy) is 1. The number of hydrogen-bond acceptors (Lipinski definition) is 3. The van der Waals surface area contributed by atoms with Crippen LogP contribution >= 0.6 is 15.9 Å². The van der Waals surface area contributed by atoms with Gasteiger partial charge in [0.1, 0.15) is 5.54 Å². The van der Waals surface area contributed by atoms with E-state index in [9.17, 15) is 4.79 Å². The lowest BCUT2D eigenvalue weighted by Gasteiger charge is -2.24. The summed E-state index contributed by atoms with van der Waals surface area (Å²) in [5.41, 5.74) is 5.82. The molecule has 3 N–H and O–H groups in total. The molecule has 18 heavy (non-hydrogen) atoms. The predicted octanol–water partition coefficient (Wildman–Crippen LogP) is 1.78. The lowest BCUT2D eigenvalue weighted by Crippen LogP contribution is -2.49. The van der Waals surface area contributed by atoms with Crippen LogP contribution in [0, 0.1) is 0 Å². The summed E-state index contributed by atoms with van der Waals surface area (Å²) in [6.45, 7) is 5.22. The average Bonchev–Trinajstić information content (AvgIpc) is 2.35. The molecule has 1 rings (SSSR count). The Hall–Kier alpha value is -0.910. The molecule has 0 saturated carbocycles. The Morgan fingerprint density at radius 1 is 1.44 bits per heavy atom. The molecule has 1 aromatic rings. The summed E-state index contributed by atoms with van der Waals surface area (Å²) in [6, 6.07) is 7.42. The van der Waals surface area contributed by atoms with Crippen molar-refractivity contribution in [2.45, 2.75) is 19.4 Å². The maximum atomic E-state index is 12.0. The Bertz CT molecular complexity index is 390. The molecule has 0 aliphatic carbocycles. The van der Waals surface area contributed by atoms with Crippen LogP contribution in [0.3, 0.4) is 0 Å². The molecule has 0 fully saturated rings. The fourth-order valence-corrected chi connectivity index (χ4v) is 1.76. The summed E-state index contributed by atoms with van der Waals surface area (Å²) < 4.78 is 6.11. The molecule has 0 aliphatic rings. The number of nitrogens with two attached hydrogens (primary N) is 1. The summed E-state index contributed by atoms with van der Waals surface area (Å²) in [4.78, 5) is 12.0. The predicted molar refractivity (Wildman–Crippen MR) is 75.2 cm³/mol. The molecular formula is C13H19BrN2O2. The van der Waals surface area contributed by atoms with Gasteiger partial charge in [-0.25, -0.2) is 0 Å². The largest absolute Gasteiger partial charge is 0.380 e. The van der Waals surface area contributed by atoms with Gasteiger partial charge in [-0.3, -0.25) is 4.79 Å². The molecule has 4 nitrogen and oxygen atoms in total. The van der Waals surface area contributed by atoms with Gasteiger partial charge in [0.05, 0.1) is 6.61 Å². The van der Waals surface area contributed by atoms with Crippen molar-refractivity contribution in [3.8, 4) is 0 Å². The number of benzene rings is 1. The van der Waals surface area contributed by atoms with E-state index in [0.29, 0.717) is 19.8 Å². The first-order valence-electron chi connectivity index (χ1n) is 5.89. The molecule has 0 bridgehead atoms. The van der Waals surface area contributed by atoms with Crippen LogP contribution in [0.4, 0.5) is 0 Å². The number of carbonyl (C=O) groups excluding carboxylic acids is 1. The topological polar surface area (TPSA) is 64.3 Å². The fraction of sp³-hybridized carbons (Fsp3) is 0.462. The lowest BCUT2D eigenvalue weighted by atomic mass is 9.92. The maximum Gasteiger partial charge on any atom is 0.244 e. The molecule has 100 valence electrons. The Balaban J connectivity index is 2.61. The molecule has 0 spiro atoms. The zero-order chi connectivity index (χ0) is 13.6. The third-order valence-electron chi connectivity index (χ3n) is 2.65. The second-order valence-electron chi connectivity index (χ2n) is 4.16. The average molecular weight is 315 g/mol. The Labute approximate surface area is 116 Å². The zero-order valence-corrected chi connectivity index (χ0v) is 12.3. The van der Waals surface area contributed by atoms with Crippen molar-refractivity contribution in [3.63, 3.8) is 0 Å². The molecule has 5 heteroatoms. The van der Waals surface area contributed by atoms with E-state index in [1.54, 1.807) is 6.92 Å². The molecule has 1 unspecified atom stereocenters. The maximum absolute atomic E-state index is 12.0. The summed E-state index contributed by atoms with van der Waals surface area (Å²) in [7, 11) is 0. The quantitative estimate of drug-likeness (QED) is 0.787. The van der Waals surface area contributed by atoms with Crippen LogP contribution in [-0.2, 0) is 15.1 Å². The highest BCUT2D eigenvalue weighted by Gasteiger charge is 2.29. The zero-order valence-electron chi connectivity index (χ0n) is 10.7. The smallest absolute Gasteiger partial charge is 0.244 e. The van der Waals surface area contributed by atoms with E-state index in [1.807, 2.05) is 31.2 Å². The number of carbonyl (C=O) groups is 1. The normalized spacial score (nSPS) is 14.0. The molecule has 0 heterocycles. The van der Waals surface area contributed by atoms with Crippen molar-refractivity contribution >= 4 is 21.8 Å². The van der Waals surface area contributed by atoms with Gasteiger partial charge in [-0.2, -0.15) is 0 Å². The van der Waals surface area contributed by atoms with Crippen molar-refractivity contribution < 1.29 is 9.53 Å².